The van der Waals surface area contributed by atoms with Gasteiger partial charge in [-0.1, -0.05) is 24.8 Å². The summed E-state index contributed by atoms with van der Waals surface area (Å²) in [6.45, 7) is 4.85. The second kappa shape index (κ2) is 8.75. The molecule has 0 spiro atoms. The fourth-order valence-corrected chi connectivity index (χ4v) is 5.43. The zero-order chi connectivity index (χ0) is 23.8. The number of non-ortho nitro benzene ring substituents is 1. The van der Waals surface area contributed by atoms with Crippen molar-refractivity contribution >= 4 is 33.2 Å². The summed E-state index contributed by atoms with van der Waals surface area (Å²) in [7, 11) is -3.82. The minimum absolute atomic E-state index is 0.0292. The molecular weight excluding hydrogens is 448 g/mol. The highest BCUT2D eigenvalue weighted by Gasteiger charge is 2.33. The Morgan fingerprint density at radius 1 is 1.00 bits per heavy atom. The SMILES string of the molecule is C=C1c2ccccc2C(=O)N1CCC(=O)N1CCN(S(=O)(=O)c2ccc([N+](=O)[O-])cc2)CC1. The number of nitrogens with zero attached hydrogens (tertiary/aromatic N) is 4. The number of hydrogen-bond donors (Lipinski definition) is 0. The molecule has 2 aromatic rings. The highest BCUT2D eigenvalue weighted by Crippen LogP contribution is 2.31. The lowest BCUT2D eigenvalue weighted by Gasteiger charge is -2.34. The van der Waals surface area contributed by atoms with Crippen molar-refractivity contribution in [2.75, 3.05) is 32.7 Å². The summed E-state index contributed by atoms with van der Waals surface area (Å²) in [5, 5.41) is 10.8. The first-order valence-electron chi connectivity index (χ1n) is 10.3. The predicted molar refractivity (Wildman–Crippen MR) is 120 cm³/mol. The summed E-state index contributed by atoms with van der Waals surface area (Å²) in [4.78, 5) is 38.5. The van der Waals surface area contributed by atoms with Crippen molar-refractivity contribution in [2.24, 2.45) is 0 Å². The maximum absolute atomic E-state index is 12.8. The quantitative estimate of drug-likeness (QED) is 0.470. The van der Waals surface area contributed by atoms with Crippen molar-refractivity contribution in [1.29, 1.82) is 0 Å². The van der Waals surface area contributed by atoms with Crippen LogP contribution in [0.25, 0.3) is 5.70 Å². The minimum Gasteiger partial charge on any atom is -0.340 e. The Morgan fingerprint density at radius 2 is 1.61 bits per heavy atom. The van der Waals surface area contributed by atoms with Crippen LogP contribution in [-0.4, -0.2) is 72.0 Å². The van der Waals surface area contributed by atoms with Crippen LogP contribution in [0.4, 0.5) is 5.69 Å². The average Bonchev–Trinajstić information content (AvgIpc) is 3.07. The molecule has 2 aliphatic rings. The molecule has 1 saturated heterocycles. The molecule has 33 heavy (non-hydrogen) atoms. The first-order chi connectivity index (χ1) is 15.7. The van der Waals surface area contributed by atoms with Crippen molar-refractivity contribution in [1.82, 2.24) is 14.1 Å². The number of hydrogen-bond acceptors (Lipinski definition) is 6. The first kappa shape index (κ1) is 22.6. The summed E-state index contributed by atoms with van der Waals surface area (Å²) in [5.74, 6) is -0.346. The highest BCUT2D eigenvalue weighted by atomic mass is 32.2. The first-order valence-corrected chi connectivity index (χ1v) is 11.8. The monoisotopic (exact) mass is 470 g/mol. The Morgan fingerprint density at radius 3 is 2.18 bits per heavy atom. The van der Waals surface area contributed by atoms with Crippen LogP contribution in [-0.2, 0) is 14.8 Å². The molecule has 0 unspecified atom stereocenters. The van der Waals surface area contributed by atoms with Crippen molar-refractivity contribution in [3.63, 3.8) is 0 Å². The van der Waals surface area contributed by atoms with E-state index in [1.807, 2.05) is 12.1 Å². The van der Waals surface area contributed by atoms with E-state index >= 15 is 0 Å². The topological polar surface area (TPSA) is 121 Å². The molecule has 0 N–H and O–H groups in total. The Hall–Kier alpha value is -3.57. The number of sulfonamides is 1. The molecule has 2 aromatic carbocycles. The van der Waals surface area contributed by atoms with Gasteiger partial charge in [-0.15, -0.1) is 0 Å². The van der Waals surface area contributed by atoms with Gasteiger partial charge < -0.3 is 9.80 Å². The number of rotatable bonds is 6. The largest absolute Gasteiger partial charge is 0.340 e. The number of amides is 2. The number of carbonyl (C=O) groups is 2. The number of fused-ring (bicyclic) bond motifs is 1. The lowest BCUT2D eigenvalue weighted by molar-refractivity contribution is -0.384. The molecule has 2 aliphatic heterocycles. The average molecular weight is 471 g/mol. The van der Waals surface area contributed by atoms with Gasteiger partial charge in [0.05, 0.1) is 9.82 Å². The second-order valence-electron chi connectivity index (χ2n) is 7.73. The van der Waals surface area contributed by atoms with E-state index in [-0.39, 0.29) is 61.5 Å². The smallest absolute Gasteiger partial charge is 0.269 e. The van der Waals surface area contributed by atoms with E-state index < -0.39 is 14.9 Å². The molecule has 1 fully saturated rings. The molecule has 2 heterocycles. The van der Waals surface area contributed by atoms with Gasteiger partial charge in [-0.25, -0.2) is 8.42 Å². The number of piperazine rings is 1. The number of carbonyl (C=O) groups excluding carboxylic acids is 2. The maximum Gasteiger partial charge on any atom is 0.269 e. The number of benzene rings is 2. The third kappa shape index (κ3) is 4.24. The summed E-state index contributed by atoms with van der Waals surface area (Å²) in [6.07, 6.45) is 0.105. The van der Waals surface area contributed by atoms with E-state index in [1.54, 1.807) is 17.0 Å². The van der Waals surface area contributed by atoms with E-state index in [0.717, 1.165) is 17.7 Å². The van der Waals surface area contributed by atoms with E-state index in [9.17, 15) is 28.1 Å². The molecule has 11 heteroatoms. The van der Waals surface area contributed by atoms with Gasteiger partial charge in [0.15, 0.2) is 0 Å². The van der Waals surface area contributed by atoms with Crippen LogP contribution in [0, 0.1) is 10.1 Å². The minimum atomic E-state index is -3.82. The molecular formula is C22H22N4O6S. The summed E-state index contributed by atoms with van der Waals surface area (Å²) < 4.78 is 26.9. The van der Waals surface area contributed by atoms with Gasteiger partial charge in [-0.2, -0.15) is 4.31 Å². The van der Waals surface area contributed by atoms with Crippen molar-refractivity contribution < 1.29 is 22.9 Å². The summed E-state index contributed by atoms with van der Waals surface area (Å²) in [5.41, 5.74) is 1.72. The van der Waals surface area contributed by atoms with E-state index in [2.05, 4.69) is 6.58 Å². The molecule has 0 aliphatic carbocycles. The predicted octanol–water partition coefficient (Wildman–Crippen LogP) is 1.94. The summed E-state index contributed by atoms with van der Waals surface area (Å²) in [6, 6.07) is 11.9. The zero-order valence-electron chi connectivity index (χ0n) is 17.7. The van der Waals surface area contributed by atoms with Crippen LogP contribution in [0.3, 0.4) is 0 Å². The van der Waals surface area contributed by atoms with Crippen LogP contribution in [0.5, 0.6) is 0 Å². The molecule has 10 nitrogen and oxygen atoms in total. The lowest BCUT2D eigenvalue weighted by atomic mass is 10.1. The highest BCUT2D eigenvalue weighted by molar-refractivity contribution is 7.89. The van der Waals surface area contributed by atoms with Gasteiger partial charge >= 0.3 is 0 Å². The maximum atomic E-state index is 12.8. The van der Waals surface area contributed by atoms with Gasteiger partial charge in [0.2, 0.25) is 15.9 Å². The van der Waals surface area contributed by atoms with Crippen LogP contribution in [0.2, 0.25) is 0 Å². The zero-order valence-corrected chi connectivity index (χ0v) is 18.5. The van der Waals surface area contributed by atoms with E-state index in [1.165, 1.54) is 21.3 Å². The lowest BCUT2D eigenvalue weighted by Crippen LogP contribution is -2.50. The molecule has 2 amide bonds. The van der Waals surface area contributed by atoms with E-state index in [4.69, 9.17) is 0 Å². The standard InChI is InChI=1S/C22H22N4O6S/c1-16-19-4-2-3-5-20(19)22(28)25(16)11-10-21(27)23-12-14-24(15-13-23)33(31,32)18-8-6-17(7-9-18)26(29)30/h2-9H,1,10-15H2. The van der Waals surface area contributed by atoms with Crippen molar-refractivity contribution in [2.45, 2.75) is 11.3 Å². The van der Waals surface area contributed by atoms with Gasteiger partial charge in [0.25, 0.3) is 11.6 Å². The fourth-order valence-electron chi connectivity index (χ4n) is 4.00. The Bertz CT molecular complexity index is 1200. The third-order valence-electron chi connectivity index (χ3n) is 5.87. The normalized spacial score (nSPS) is 16.7. The van der Waals surface area contributed by atoms with Crippen LogP contribution < -0.4 is 0 Å². The fraction of sp³-hybridized carbons (Fsp3) is 0.273. The number of nitro benzene ring substituents is 1. The molecule has 0 atom stereocenters. The number of nitro groups is 1. The second-order valence-corrected chi connectivity index (χ2v) is 9.67. The van der Waals surface area contributed by atoms with Crippen molar-refractivity contribution in [3.05, 3.63) is 76.4 Å². The van der Waals surface area contributed by atoms with Crippen LogP contribution >= 0.6 is 0 Å². The van der Waals surface area contributed by atoms with Crippen LogP contribution in [0.15, 0.2) is 60.0 Å². The Kier molecular flexibility index (Phi) is 6.00. The molecule has 0 radical (unpaired) electrons. The van der Waals surface area contributed by atoms with Gasteiger partial charge in [-0.05, 0) is 18.2 Å². The summed E-state index contributed by atoms with van der Waals surface area (Å²) >= 11 is 0. The van der Waals surface area contributed by atoms with Gasteiger partial charge in [0, 0.05) is 68.1 Å². The third-order valence-corrected chi connectivity index (χ3v) is 7.78. The molecule has 172 valence electrons. The molecule has 4 rings (SSSR count). The van der Waals surface area contributed by atoms with Gasteiger partial charge in [-0.3, -0.25) is 19.7 Å². The molecule has 0 saturated carbocycles. The van der Waals surface area contributed by atoms with Crippen molar-refractivity contribution in [3.8, 4) is 0 Å². The Balaban J connectivity index is 1.32. The van der Waals surface area contributed by atoms with Crippen LogP contribution in [0.1, 0.15) is 22.3 Å². The van der Waals surface area contributed by atoms with E-state index in [0.29, 0.717) is 11.3 Å². The molecule has 0 aromatic heterocycles. The molecule has 0 bridgehead atoms. The van der Waals surface area contributed by atoms with Gasteiger partial charge in [0.1, 0.15) is 0 Å². The Labute approximate surface area is 190 Å².